The molecule has 9 heteroatoms. The number of halogens is 1. The molecule has 0 saturated carbocycles. The quantitative estimate of drug-likeness (QED) is 0.558. The minimum Gasteiger partial charge on any atom is -0.390 e. The molecule has 1 unspecified atom stereocenters. The number of nitrogens with one attached hydrogen (secondary N) is 1. The lowest BCUT2D eigenvalue weighted by molar-refractivity contribution is 0.244. The second-order valence-electron chi connectivity index (χ2n) is 8.79. The molecular formula is C25H30FN7O. The van der Waals surface area contributed by atoms with Crippen LogP contribution in [0.2, 0.25) is 0 Å². The maximum atomic E-state index is 13.6. The highest BCUT2D eigenvalue weighted by Crippen LogP contribution is 2.26. The largest absolute Gasteiger partial charge is 0.390 e. The lowest BCUT2D eigenvalue weighted by atomic mass is 10.2. The second-order valence-corrected chi connectivity index (χ2v) is 8.79. The molecule has 3 aromatic rings. The average Bonchev–Trinajstić information content (AvgIpc) is 3.50. The van der Waals surface area contributed by atoms with E-state index in [1.54, 1.807) is 10.7 Å². The minimum atomic E-state index is -0.800. The molecular weight excluding hydrogens is 433 g/mol. The Bertz CT molecular complexity index is 1180. The normalized spacial score (nSPS) is 18.5. The van der Waals surface area contributed by atoms with Gasteiger partial charge in [-0.2, -0.15) is 5.10 Å². The fraction of sp³-hybridized carbons (Fsp3) is 0.360. The summed E-state index contributed by atoms with van der Waals surface area (Å²) in [5, 5.41) is 17.0. The van der Waals surface area contributed by atoms with Gasteiger partial charge in [0.2, 0.25) is 0 Å². The van der Waals surface area contributed by atoms with Gasteiger partial charge in [0.1, 0.15) is 12.0 Å². The summed E-state index contributed by atoms with van der Waals surface area (Å²) < 4.78 is 15.4. The Morgan fingerprint density at radius 3 is 2.50 bits per heavy atom. The van der Waals surface area contributed by atoms with Crippen molar-refractivity contribution in [1.29, 1.82) is 0 Å². The van der Waals surface area contributed by atoms with Crippen LogP contribution in [-0.4, -0.2) is 76.7 Å². The van der Waals surface area contributed by atoms with Crippen LogP contribution in [0.1, 0.15) is 12.0 Å². The summed E-state index contributed by atoms with van der Waals surface area (Å²) in [6.07, 6.45) is 3.34. The van der Waals surface area contributed by atoms with Crippen LogP contribution in [-0.2, 0) is 0 Å². The van der Waals surface area contributed by atoms with Gasteiger partial charge in [-0.25, -0.2) is 13.9 Å². The number of nitrogens with zero attached hydrogens (tertiary/aromatic N) is 6. The molecule has 0 amide bonds. The number of alkyl halides is 1. The highest BCUT2D eigenvalue weighted by molar-refractivity contribution is 5.82. The Kier molecular flexibility index (Phi) is 6.10. The number of aliphatic hydroxyl groups is 1. The number of aliphatic hydroxyl groups excluding tert-OH is 1. The Balaban J connectivity index is 1.25. The Labute approximate surface area is 198 Å². The molecule has 2 aliphatic rings. The first-order valence-corrected chi connectivity index (χ1v) is 11.6. The van der Waals surface area contributed by atoms with Crippen molar-refractivity contribution in [2.45, 2.75) is 12.6 Å². The summed E-state index contributed by atoms with van der Waals surface area (Å²) in [6, 6.07) is 10.1. The van der Waals surface area contributed by atoms with E-state index in [4.69, 9.17) is 4.98 Å². The second kappa shape index (κ2) is 9.34. The van der Waals surface area contributed by atoms with E-state index in [1.807, 2.05) is 29.3 Å². The van der Waals surface area contributed by atoms with Gasteiger partial charge >= 0.3 is 0 Å². The van der Waals surface area contributed by atoms with Crippen molar-refractivity contribution >= 4 is 28.5 Å². The van der Waals surface area contributed by atoms with Crippen LogP contribution < -0.4 is 15.1 Å². The maximum absolute atomic E-state index is 13.6. The SMILES string of the molecule is C=C(Nc1ccc(N2CCN(C(=C)CO)CC2)cc1)c1cnn2ccc(N3CCC(F)C3)nc12. The Morgan fingerprint density at radius 1 is 1.06 bits per heavy atom. The fourth-order valence-corrected chi connectivity index (χ4v) is 4.55. The van der Waals surface area contributed by atoms with Crippen molar-refractivity contribution in [3.8, 4) is 0 Å². The summed E-state index contributed by atoms with van der Waals surface area (Å²) in [7, 11) is 0. The first-order chi connectivity index (χ1) is 16.5. The van der Waals surface area contributed by atoms with Gasteiger partial charge in [-0.3, -0.25) is 0 Å². The first kappa shape index (κ1) is 22.2. The fourth-order valence-electron chi connectivity index (χ4n) is 4.55. The number of aromatic nitrogens is 3. The van der Waals surface area contributed by atoms with E-state index < -0.39 is 6.17 Å². The van der Waals surface area contributed by atoms with E-state index in [-0.39, 0.29) is 6.61 Å². The van der Waals surface area contributed by atoms with Crippen LogP contribution in [0.15, 0.2) is 61.6 Å². The molecule has 5 rings (SSSR count). The van der Waals surface area contributed by atoms with Crippen molar-refractivity contribution in [2.75, 3.05) is 61.0 Å². The molecule has 178 valence electrons. The van der Waals surface area contributed by atoms with E-state index in [0.29, 0.717) is 30.9 Å². The predicted octanol–water partition coefficient (Wildman–Crippen LogP) is 2.99. The van der Waals surface area contributed by atoms with Crippen LogP contribution in [0.25, 0.3) is 11.3 Å². The zero-order chi connectivity index (χ0) is 23.7. The van der Waals surface area contributed by atoms with E-state index >= 15 is 0 Å². The molecule has 0 spiro atoms. The molecule has 1 aromatic carbocycles. The molecule has 2 aliphatic heterocycles. The molecule has 2 N–H and O–H groups in total. The molecule has 1 atom stereocenters. The Morgan fingerprint density at radius 2 is 1.82 bits per heavy atom. The third kappa shape index (κ3) is 4.43. The van der Waals surface area contributed by atoms with Crippen LogP contribution in [0.3, 0.4) is 0 Å². The highest BCUT2D eigenvalue weighted by atomic mass is 19.1. The standard InChI is InChI=1S/C25H30FN7O/c1-18(17-34)30-11-13-31(14-12-30)22-5-3-21(4-6-22)28-19(2)23-15-27-33-10-8-24(29-25(23)33)32-9-7-20(26)16-32/h3-6,8,10,15,20,28,34H,1-2,7,9,11-14,16-17H2. The van der Waals surface area contributed by atoms with Crippen molar-refractivity contribution in [1.82, 2.24) is 19.5 Å². The zero-order valence-electron chi connectivity index (χ0n) is 19.2. The van der Waals surface area contributed by atoms with Gasteiger partial charge in [0.25, 0.3) is 0 Å². The Hall–Kier alpha value is -3.59. The van der Waals surface area contributed by atoms with Gasteiger partial charge in [0, 0.05) is 61.7 Å². The summed E-state index contributed by atoms with van der Waals surface area (Å²) in [6.45, 7) is 12.6. The first-order valence-electron chi connectivity index (χ1n) is 11.6. The van der Waals surface area contributed by atoms with Crippen molar-refractivity contribution in [2.24, 2.45) is 0 Å². The molecule has 2 aromatic heterocycles. The zero-order valence-corrected chi connectivity index (χ0v) is 19.2. The smallest absolute Gasteiger partial charge is 0.166 e. The molecule has 0 radical (unpaired) electrons. The summed E-state index contributed by atoms with van der Waals surface area (Å²) >= 11 is 0. The predicted molar refractivity (Wildman–Crippen MR) is 134 cm³/mol. The van der Waals surface area contributed by atoms with Gasteiger partial charge in [-0.1, -0.05) is 13.2 Å². The monoisotopic (exact) mass is 463 g/mol. The number of hydrogen-bond acceptors (Lipinski definition) is 7. The van der Waals surface area contributed by atoms with Crippen molar-refractivity contribution < 1.29 is 9.50 Å². The third-order valence-electron chi connectivity index (χ3n) is 6.57. The number of hydrogen-bond donors (Lipinski definition) is 2. The maximum Gasteiger partial charge on any atom is 0.166 e. The number of benzene rings is 1. The van der Waals surface area contributed by atoms with Crippen LogP contribution in [0, 0.1) is 0 Å². The number of fused-ring (bicyclic) bond motifs is 1. The molecule has 2 saturated heterocycles. The molecule has 34 heavy (non-hydrogen) atoms. The van der Waals surface area contributed by atoms with Gasteiger partial charge < -0.3 is 25.1 Å². The van der Waals surface area contributed by atoms with Gasteiger partial charge in [-0.05, 0) is 36.8 Å². The number of rotatable bonds is 7. The van der Waals surface area contributed by atoms with Gasteiger partial charge in [-0.15, -0.1) is 0 Å². The molecule has 0 aliphatic carbocycles. The molecule has 0 bridgehead atoms. The summed E-state index contributed by atoms with van der Waals surface area (Å²) in [5.41, 5.74) is 5.06. The summed E-state index contributed by atoms with van der Waals surface area (Å²) in [5.74, 6) is 0.759. The van der Waals surface area contributed by atoms with Gasteiger partial charge in [0.05, 0.1) is 24.9 Å². The lowest BCUT2D eigenvalue weighted by Gasteiger charge is -2.37. The minimum absolute atomic E-state index is 0.00409. The third-order valence-corrected chi connectivity index (χ3v) is 6.57. The molecule has 4 heterocycles. The van der Waals surface area contributed by atoms with E-state index in [2.05, 4.69) is 45.5 Å². The highest BCUT2D eigenvalue weighted by Gasteiger charge is 2.23. The van der Waals surface area contributed by atoms with Crippen LogP contribution in [0.4, 0.5) is 21.6 Å². The van der Waals surface area contributed by atoms with E-state index in [1.165, 1.54) is 0 Å². The van der Waals surface area contributed by atoms with E-state index in [0.717, 1.165) is 54.6 Å². The number of anilines is 3. The average molecular weight is 464 g/mol. The van der Waals surface area contributed by atoms with Gasteiger partial charge in [0.15, 0.2) is 5.65 Å². The van der Waals surface area contributed by atoms with Crippen LogP contribution >= 0.6 is 0 Å². The number of piperazine rings is 1. The molecule has 8 nitrogen and oxygen atoms in total. The summed E-state index contributed by atoms with van der Waals surface area (Å²) in [4.78, 5) is 11.2. The van der Waals surface area contributed by atoms with Crippen molar-refractivity contribution in [3.63, 3.8) is 0 Å². The van der Waals surface area contributed by atoms with Crippen molar-refractivity contribution in [3.05, 3.63) is 67.1 Å². The van der Waals surface area contributed by atoms with E-state index in [9.17, 15) is 9.50 Å². The topological polar surface area (TPSA) is 72.2 Å². The lowest BCUT2D eigenvalue weighted by Crippen LogP contribution is -2.46. The molecule has 2 fully saturated rings. The van der Waals surface area contributed by atoms with Crippen LogP contribution in [0.5, 0.6) is 0 Å².